The third-order valence-corrected chi connectivity index (χ3v) is 4.84. The van der Waals surface area contributed by atoms with E-state index in [1.807, 2.05) is 0 Å². The third kappa shape index (κ3) is 3.94. The molecule has 4 heteroatoms. The second kappa shape index (κ2) is 6.30. The predicted molar refractivity (Wildman–Crippen MR) is 93.9 cm³/mol. The van der Waals surface area contributed by atoms with Gasteiger partial charge in [-0.3, -0.25) is 0 Å². The minimum Gasteiger partial charge on any atom is -0.389 e. The molecule has 1 heterocycles. The minimum atomic E-state index is 0.268. The van der Waals surface area contributed by atoms with Gasteiger partial charge in [0, 0.05) is 12.2 Å². The fourth-order valence-corrected chi connectivity index (χ4v) is 2.67. The smallest absolute Gasteiger partial charge is 0.136 e. The number of nitrogens with two attached hydrogens (primary N) is 1. The summed E-state index contributed by atoms with van der Waals surface area (Å²) in [6.07, 6.45) is 4.62. The SMILES string of the molecule is CC(CNc1nc2c(cc1C(N)=S)CCCC2)C(C)(C)C. The molecule has 1 aliphatic carbocycles. The number of aryl methyl sites for hydroxylation is 2. The number of hydrogen-bond donors (Lipinski definition) is 2. The highest BCUT2D eigenvalue weighted by Crippen LogP contribution is 2.28. The molecule has 0 fully saturated rings. The fourth-order valence-electron chi connectivity index (χ4n) is 2.51. The Hall–Kier alpha value is -1.16. The lowest BCUT2D eigenvalue weighted by molar-refractivity contribution is 0.274. The third-order valence-electron chi connectivity index (χ3n) is 4.62. The van der Waals surface area contributed by atoms with Crippen molar-refractivity contribution in [3.63, 3.8) is 0 Å². The molecule has 2 rings (SSSR count). The van der Waals surface area contributed by atoms with Crippen molar-refractivity contribution in [1.82, 2.24) is 4.98 Å². The van der Waals surface area contributed by atoms with Crippen molar-refractivity contribution in [1.29, 1.82) is 0 Å². The Labute approximate surface area is 133 Å². The number of anilines is 1. The standard InChI is InChI=1S/C17H27N3S/c1-11(17(2,3)4)10-19-16-13(15(18)21)9-12-7-5-6-8-14(12)20-16/h9,11H,5-8,10H2,1-4H3,(H2,18,21)(H,19,20). The van der Waals surface area contributed by atoms with Crippen LogP contribution >= 0.6 is 12.2 Å². The maximum absolute atomic E-state index is 5.89. The van der Waals surface area contributed by atoms with Crippen LogP contribution in [-0.2, 0) is 12.8 Å². The van der Waals surface area contributed by atoms with E-state index in [-0.39, 0.29) is 5.41 Å². The Morgan fingerprint density at radius 2 is 2.05 bits per heavy atom. The van der Waals surface area contributed by atoms with Gasteiger partial charge >= 0.3 is 0 Å². The van der Waals surface area contributed by atoms with E-state index in [4.69, 9.17) is 22.9 Å². The van der Waals surface area contributed by atoms with Crippen molar-refractivity contribution in [2.24, 2.45) is 17.1 Å². The van der Waals surface area contributed by atoms with Gasteiger partial charge in [-0.05, 0) is 48.6 Å². The molecule has 1 unspecified atom stereocenters. The van der Waals surface area contributed by atoms with Crippen molar-refractivity contribution in [2.45, 2.75) is 53.4 Å². The molecule has 1 aliphatic rings. The van der Waals surface area contributed by atoms with Crippen LogP contribution in [0.2, 0.25) is 0 Å². The first-order chi connectivity index (χ1) is 9.79. The molecule has 0 aromatic carbocycles. The second-order valence-corrected chi connectivity index (χ2v) is 7.65. The van der Waals surface area contributed by atoms with Gasteiger partial charge in [-0.15, -0.1) is 0 Å². The van der Waals surface area contributed by atoms with Crippen LogP contribution in [0.15, 0.2) is 6.07 Å². The average Bonchev–Trinajstić information content (AvgIpc) is 2.42. The summed E-state index contributed by atoms with van der Waals surface area (Å²) >= 11 is 5.21. The van der Waals surface area contributed by atoms with E-state index in [0.717, 1.165) is 30.8 Å². The zero-order valence-corrected chi connectivity index (χ0v) is 14.4. The number of rotatable bonds is 4. The summed E-state index contributed by atoms with van der Waals surface area (Å²) in [5.41, 5.74) is 9.59. The second-order valence-electron chi connectivity index (χ2n) is 7.21. The maximum atomic E-state index is 5.89. The topological polar surface area (TPSA) is 50.9 Å². The van der Waals surface area contributed by atoms with E-state index >= 15 is 0 Å². The Kier molecular flexibility index (Phi) is 4.87. The molecule has 1 aromatic heterocycles. The lowest BCUT2D eigenvalue weighted by atomic mass is 9.82. The average molecular weight is 305 g/mol. The summed E-state index contributed by atoms with van der Waals surface area (Å²) in [5, 5.41) is 3.47. The Morgan fingerprint density at radius 3 is 2.67 bits per heavy atom. The molecule has 116 valence electrons. The van der Waals surface area contributed by atoms with Crippen molar-refractivity contribution < 1.29 is 0 Å². The molecule has 1 aromatic rings. The quantitative estimate of drug-likeness (QED) is 0.833. The van der Waals surface area contributed by atoms with Crippen molar-refractivity contribution >= 4 is 23.0 Å². The van der Waals surface area contributed by atoms with Gasteiger partial charge < -0.3 is 11.1 Å². The number of nitrogens with zero attached hydrogens (tertiary/aromatic N) is 1. The maximum Gasteiger partial charge on any atom is 0.136 e. The van der Waals surface area contributed by atoms with Crippen molar-refractivity contribution in [3.05, 3.63) is 22.9 Å². The molecular weight excluding hydrogens is 278 g/mol. The summed E-state index contributed by atoms with van der Waals surface area (Å²) in [7, 11) is 0. The summed E-state index contributed by atoms with van der Waals surface area (Å²) in [5.74, 6) is 1.40. The molecule has 0 spiro atoms. The van der Waals surface area contributed by atoms with Gasteiger partial charge in [0.15, 0.2) is 0 Å². The van der Waals surface area contributed by atoms with Gasteiger partial charge in [-0.2, -0.15) is 0 Å². The van der Waals surface area contributed by atoms with E-state index in [2.05, 4.69) is 39.1 Å². The normalized spacial score (nSPS) is 16.2. The van der Waals surface area contributed by atoms with Crippen LogP contribution in [0.25, 0.3) is 0 Å². The van der Waals surface area contributed by atoms with Crippen molar-refractivity contribution in [3.8, 4) is 0 Å². The zero-order chi connectivity index (χ0) is 15.6. The Bertz CT molecular complexity index is 532. The van der Waals surface area contributed by atoms with Gasteiger partial charge in [-0.1, -0.05) is 39.9 Å². The van der Waals surface area contributed by atoms with Crippen LogP contribution in [0.5, 0.6) is 0 Å². The van der Waals surface area contributed by atoms with Gasteiger partial charge in [0.05, 0.1) is 5.56 Å². The predicted octanol–water partition coefficient (Wildman–Crippen LogP) is 3.69. The summed E-state index contributed by atoms with van der Waals surface area (Å²) in [6.45, 7) is 9.91. The Morgan fingerprint density at radius 1 is 1.38 bits per heavy atom. The number of hydrogen-bond acceptors (Lipinski definition) is 3. The van der Waals surface area contributed by atoms with Crippen LogP contribution < -0.4 is 11.1 Å². The van der Waals surface area contributed by atoms with Crippen LogP contribution in [0, 0.1) is 11.3 Å². The van der Waals surface area contributed by atoms with Crippen molar-refractivity contribution in [2.75, 3.05) is 11.9 Å². The lowest BCUT2D eigenvalue weighted by Crippen LogP contribution is -2.26. The monoisotopic (exact) mass is 305 g/mol. The molecule has 0 saturated carbocycles. The first-order valence-corrected chi connectivity index (χ1v) is 8.26. The molecule has 21 heavy (non-hydrogen) atoms. The highest BCUT2D eigenvalue weighted by molar-refractivity contribution is 7.80. The summed E-state index contributed by atoms with van der Waals surface area (Å²) < 4.78 is 0. The molecule has 0 saturated heterocycles. The molecule has 0 amide bonds. The van der Waals surface area contributed by atoms with E-state index in [1.165, 1.54) is 24.1 Å². The number of nitrogens with one attached hydrogen (secondary N) is 1. The highest BCUT2D eigenvalue weighted by atomic mass is 32.1. The number of pyridine rings is 1. The van der Waals surface area contributed by atoms with Gasteiger partial charge in [0.25, 0.3) is 0 Å². The van der Waals surface area contributed by atoms with Crippen LogP contribution in [0.4, 0.5) is 5.82 Å². The van der Waals surface area contributed by atoms with E-state index < -0.39 is 0 Å². The van der Waals surface area contributed by atoms with E-state index in [0.29, 0.717) is 10.9 Å². The molecular formula is C17H27N3S. The fraction of sp³-hybridized carbons (Fsp3) is 0.647. The zero-order valence-electron chi connectivity index (χ0n) is 13.6. The van der Waals surface area contributed by atoms with Crippen LogP contribution in [0.3, 0.4) is 0 Å². The van der Waals surface area contributed by atoms with Gasteiger partial charge in [0.2, 0.25) is 0 Å². The molecule has 0 aliphatic heterocycles. The lowest BCUT2D eigenvalue weighted by Gasteiger charge is -2.28. The van der Waals surface area contributed by atoms with Gasteiger partial charge in [0.1, 0.15) is 10.8 Å². The minimum absolute atomic E-state index is 0.268. The largest absolute Gasteiger partial charge is 0.389 e. The first kappa shape index (κ1) is 16.2. The van der Waals surface area contributed by atoms with Crippen LogP contribution in [-0.4, -0.2) is 16.5 Å². The van der Waals surface area contributed by atoms with Gasteiger partial charge in [-0.25, -0.2) is 4.98 Å². The molecule has 0 radical (unpaired) electrons. The highest BCUT2D eigenvalue weighted by Gasteiger charge is 2.21. The van der Waals surface area contributed by atoms with E-state index in [1.54, 1.807) is 0 Å². The Balaban J connectivity index is 2.23. The first-order valence-electron chi connectivity index (χ1n) is 7.85. The number of thiocarbonyl (C=S) groups is 1. The van der Waals surface area contributed by atoms with Crippen LogP contribution in [0.1, 0.15) is 57.4 Å². The number of aromatic nitrogens is 1. The molecule has 1 atom stereocenters. The summed E-state index contributed by atoms with van der Waals surface area (Å²) in [6, 6.07) is 2.15. The van der Waals surface area contributed by atoms with E-state index in [9.17, 15) is 0 Å². The molecule has 3 N–H and O–H groups in total. The molecule has 0 bridgehead atoms. The molecule has 3 nitrogen and oxygen atoms in total. The number of fused-ring (bicyclic) bond motifs is 1. The summed E-state index contributed by atoms with van der Waals surface area (Å²) in [4.78, 5) is 5.24.